The highest BCUT2D eigenvalue weighted by Gasteiger charge is 2.25. The number of rotatable bonds is 6. The Morgan fingerprint density at radius 3 is 2.65 bits per heavy atom. The first-order chi connectivity index (χ1) is 15.0. The van der Waals surface area contributed by atoms with Crippen molar-refractivity contribution in [2.24, 2.45) is 0 Å². The zero-order valence-electron chi connectivity index (χ0n) is 16.7. The zero-order valence-corrected chi connectivity index (χ0v) is 19.9. The number of amides is 2. The first-order valence-electron chi connectivity index (χ1n) is 9.59. The molecule has 1 N–H and O–H groups in total. The maximum Gasteiger partial charge on any atom is 0.264 e. The molecule has 0 radical (unpaired) electrons. The SMILES string of the molecule is Cc1ccc(Nc2nnc(SCC(=O)N3CCN(C(=O)c4cccs4)CC3)s2)cc1Cl. The van der Waals surface area contributed by atoms with Crippen LogP contribution in [-0.2, 0) is 4.79 Å². The van der Waals surface area contributed by atoms with Gasteiger partial charge < -0.3 is 15.1 Å². The van der Waals surface area contributed by atoms with Crippen LogP contribution < -0.4 is 5.32 Å². The number of aryl methyl sites for hydroxylation is 1. The third-order valence-corrected chi connectivity index (χ3v) is 8.02. The molecule has 1 fully saturated rings. The Morgan fingerprint density at radius 1 is 1.16 bits per heavy atom. The highest BCUT2D eigenvalue weighted by atomic mass is 35.5. The van der Waals surface area contributed by atoms with Crippen LogP contribution in [0.25, 0.3) is 0 Å². The van der Waals surface area contributed by atoms with E-state index in [2.05, 4.69) is 15.5 Å². The Hall–Kier alpha value is -2.14. The highest BCUT2D eigenvalue weighted by Crippen LogP contribution is 2.29. The number of piperazine rings is 1. The fourth-order valence-electron chi connectivity index (χ4n) is 3.04. The van der Waals surface area contributed by atoms with Gasteiger partial charge in [-0.15, -0.1) is 21.5 Å². The lowest BCUT2D eigenvalue weighted by Gasteiger charge is -2.34. The van der Waals surface area contributed by atoms with Crippen LogP contribution in [0, 0.1) is 6.92 Å². The second-order valence-electron chi connectivity index (χ2n) is 6.90. The molecule has 0 saturated carbocycles. The van der Waals surface area contributed by atoms with Crippen LogP contribution in [-0.4, -0.2) is 63.7 Å². The van der Waals surface area contributed by atoms with Gasteiger partial charge in [-0.2, -0.15) is 0 Å². The lowest BCUT2D eigenvalue weighted by Crippen LogP contribution is -2.50. The Labute approximate surface area is 197 Å². The topological polar surface area (TPSA) is 78.4 Å². The molecule has 0 spiro atoms. The molecule has 0 bridgehead atoms. The molecule has 11 heteroatoms. The van der Waals surface area contributed by atoms with E-state index < -0.39 is 0 Å². The summed E-state index contributed by atoms with van der Waals surface area (Å²) in [7, 11) is 0. The van der Waals surface area contributed by atoms with E-state index in [0.29, 0.717) is 42.1 Å². The van der Waals surface area contributed by atoms with Crippen molar-refractivity contribution in [3.05, 3.63) is 51.2 Å². The summed E-state index contributed by atoms with van der Waals surface area (Å²) in [6.07, 6.45) is 0. The average Bonchev–Trinajstić information content (AvgIpc) is 3.47. The Morgan fingerprint density at radius 2 is 1.94 bits per heavy atom. The lowest BCUT2D eigenvalue weighted by atomic mass is 10.2. The van der Waals surface area contributed by atoms with Crippen molar-refractivity contribution in [1.82, 2.24) is 20.0 Å². The van der Waals surface area contributed by atoms with E-state index in [1.54, 1.807) is 4.90 Å². The number of aromatic nitrogens is 2. The number of halogens is 1. The highest BCUT2D eigenvalue weighted by molar-refractivity contribution is 8.01. The fraction of sp³-hybridized carbons (Fsp3) is 0.300. The summed E-state index contributed by atoms with van der Waals surface area (Å²) in [5, 5.41) is 14.7. The summed E-state index contributed by atoms with van der Waals surface area (Å²) < 4.78 is 0.723. The van der Waals surface area contributed by atoms with E-state index in [9.17, 15) is 9.59 Å². The summed E-state index contributed by atoms with van der Waals surface area (Å²) in [5.74, 6) is 0.382. The number of anilines is 2. The van der Waals surface area contributed by atoms with Crippen molar-refractivity contribution >= 4 is 68.7 Å². The third-order valence-electron chi connectivity index (χ3n) is 4.80. The second-order valence-corrected chi connectivity index (χ2v) is 10.5. The minimum atomic E-state index is 0.0419. The summed E-state index contributed by atoms with van der Waals surface area (Å²) in [4.78, 5) is 29.3. The number of hydrogen-bond acceptors (Lipinski definition) is 8. The van der Waals surface area contributed by atoms with Crippen molar-refractivity contribution in [3.63, 3.8) is 0 Å². The van der Waals surface area contributed by atoms with Crippen molar-refractivity contribution in [1.29, 1.82) is 0 Å². The van der Waals surface area contributed by atoms with Crippen LogP contribution in [0.1, 0.15) is 15.2 Å². The number of hydrogen-bond donors (Lipinski definition) is 1. The van der Waals surface area contributed by atoms with Crippen LogP contribution in [0.4, 0.5) is 10.8 Å². The molecule has 2 amide bonds. The van der Waals surface area contributed by atoms with Gasteiger partial charge in [0, 0.05) is 36.9 Å². The summed E-state index contributed by atoms with van der Waals surface area (Å²) in [6.45, 7) is 4.16. The van der Waals surface area contributed by atoms with Crippen LogP contribution in [0.2, 0.25) is 5.02 Å². The van der Waals surface area contributed by atoms with E-state index >= 15 is 0 Å². The van der Waals surface area contributed by atoms with Crippen LogP contribution >= 0.6 is 46.0 Å². The molecule has 7 nitrogen and oxygen atoms in total. The first-order valence-corrected chi connectivity index (χ1v) is 12.7. The van der Waals surface area contributed by atoms with Crippen molar-refractivity contribution in [3.8, 4) is 0 Å². The minimum absolute atomic E-state index is 0.0419. The van der Waals surface area contributed by atoms with E-state index in [1.807, 2.05) is 47.5 Å². The molecule has 3 aromatic rings. The molecule has 0 unspecified atom stereocenters. The van der Waals surface area contributed by atoms with Gasteiger partial charge in [0.2, 0.25) is 11.0 Å². The van der Waals surface area contributed by atoms with Crippen LogP contribution in [0.5, 0.6) is 0 Å². The van der Waals surface area contributed by atoms with Gasteiger partial charge in [-0.3, -0.25) is 9.59 Å². The molecule has 1 saturated heterocycles. The summed E-state index contributed by atoms with van der Waals surface area (Å²) >= 11 is 10.4. The number of nitrogens with zero attached hydrogens (tertiary/aromatic N) is 4. The minimum Gasteiger partial charge on any atom is -0.338 e. The van der Waals surface area contributed by atoms with E-state index in [-0.39, 0.29) is 11.8 Å². The predicted octanol–water partition coefficient (Wildman–Crippen LogP) is 4.38. The van der Waals surface area contributed by atoms with Gasteiger partial charge in [-0.25, -0.2) is 0 Å². The monoisotopic (exact) mass is 493 g/mol. The first kappa shape index (κ1) is 22.1. The summed E-state index contributed by atoms with van der Waals surface area (Å²) in [5.41, 5.74) is 1.85. The number of thioether (sulfide) groups is 1. The molecular formula is C20H20ClN5O2S3. The summed E-state index contributed by atoms with van der Waals surface area (Å²) in [6, 6.07) is 9.42. The number of carbonyl (C=O) groups is 2. The van der Waals surface area contributed by atoms with Gasteiger partial charge in [-0.05, 0) is 36.1 Å². The number of carbonyl (C=O) groups excluding carboxylic acids is 2. The molecule has 0 atom stereocenters. The van der Waals surface area contributed by atoms with Gasteiger partial charge in [0.25, 0.3) is 5.91 Å². The molecule has 0 aliphatic carbocycles. The van der Waals surface area contributed by atoms with Crippen molar-refractivity contribution in [2.75, 3.05) is 37.2 Å². The molecule has 4 rings (SSSR count). The van der Waals surface area contributed by atoms with E-state index in [1.165, 1.54) is 34.4 Å². The fourth-order valence-corrected chi connectivity index (χ4v) is 5.59. The number of nitrogens with one attached hydrogen (secondary N) is 1. The standard InChI is InChI=1S/C20H20ClN5O2S3/c1-13-4-5-14(11-15(13)21)22-19-23-24-20(31-19)30-12-17(27)25-6-8-26(9-7-25)18(28)16-3-2-10-29-16/h2-5,10-11H,6-9,12H2,1H3,(H,22,23). The van der Waals surface area contributed by atoms with Gasteiger partial charge >= 0.3 is 0 Å². The van der Waals surface area contributed by atoms with Gasteiger partial charge in [0.05, 0.1) is 10.6 Å². The maximum atomic E-state index is 12.6. The Bertz CT molecular complexity index is 1060. The molecule has 31 heavy (non-hydrogen) atoms. The molecule has 162 valence electrons. The second kappa shape index (κ2) is 9.99. The quantitative estimate of drug-likeness (QED) is 0.513. The normalized spacial score (nSPS) is 14.0. The van der Waals surface area contributed by atoms with Crippen LogP contribution in [0.3, 0.4) is 0 Å². The predicted molar refractivity (Wildman–Crippen MR) is 127 cm³/mol. The Balaban J connectivity index is 1.24. The van der Waals surface area contributed by atoms with E-state index in [4.69, 9.17) is 11.6 Å². The van der Waals surface area contributed by atoms with E-state index in [0.717, 1.165) is 20.5 Å². The molecule has 1 aromatic carbocycles. The number of thiophene rings is 1. The van der Waals surface area contributed by atoms with Gasteiger partial charge in [-0.1, -0.05) is 46.8 Å². The maximum absolute atomic E-state index is 12.6. The average molecular weight is 494 g/mol. The Kier molecular flexibility index (Phi) is 7.11. The molecule has 1 aliphatic rings. The van der Waals surface area contributed by atoms with Gasteiger partial charge in [0.1, 0.15) is 0 Å². The molecule has 2 aromatic heterocycles. The molecule has 3 heterocycles. The number of benzene rings is 1. The smallest absolute Gasteiger partial charge is 0.264 e. The third kappa shape index (κ3) is 5.57. The van der Waals surface area contributed by atoms with Crippen molar-refractivity contribution < 1.29 is 9.59 Å². The lowest BCUT2D eigenvalue weighted by molar-refractivity contribution is -0.129. The van der Waals surface area contributed by atoms with Crippen molar-refractivity contribution in [2.45, 2.75) is 11.3 Å². The molecule has 1 aliphatic heterocycles. The van der Waals surface area contributed by atoms with Crippen LogP contribution in [0.15, 0.2) is 40.1 Å². The zero-order chi connectivity index (χ0) is 21.8. The van der Waals surface area contributed by atoms with Gasteiger partial charge in [0.15, 0.2) is 4.34 Å². The largest absolute Gasteiger partial charge is 0.338 e. The molecular weight excluding hydrogens is 474 g/mol.